The lowest BCUT2D eigenvalue weighted by Gasteiger charge is -2.41. The van der Waals surface area contributed by atoms with E-state index in [1.54, 1.807) is 11.1 Å². The fourth-order valence-corrected chi connectivity index (χ4v) is 4.76. The number of amides is 1. The largest absolute Gasteiger partial charge is 0.445 e. The normalized spacial score (nSPS) is 17.7. The summed E-state index contributed by atoms with van der Waals surface area (Å²) in [5, 5.41) is 15.6. The molecule has 0 saturated carbocycles. The van der Waals surface area contributed by atoms with Gasteiger partial charge in [0.1, 0.15) is 23.0 Å². The van der Waals surface area contributed by atoms with E-state index in [1.807, 2.05) is 62.1 Å². The average molecular weight is 524 g/mol. The molecule has 0 spiro atoms. The number of carbonyl (C=O) groups is 1. The Labute approximate surface area is 219 Å². The Hall–Kier alpha value is -3.86. The van der Waals surface area contributed by atoms with Crippen LogP contribution in [0.2, 0.25) is 5.15 Å². The van der Waals surface area contributed by atoms with Gasteiger partial charge in [-0.2, -0.15) is 20.2 Å². The molecule has 0 bridgehead atoms. The molecule has 12 heteroatoms. The second kappa shape index (κ2) is 10.6. The Balaban J connectivity index is 1.36. The van der Waals surface area contributed by atoms with Gasteiger partial charge < -0.3 is 19.9 Å². The van der Waals surface area contributed by atoms with Gasteiger partial charge in [-0.15, -0.1) is 0 Å². The summed E-state index contributed by atoms with van der Waals surface area (Å²) in [6.07, 6.45) is 5.01. The third kappa shape index (κ3) is 5.31. The summed E-state index contributed by atoms with van der Waals surface area (Å²) in [6, 6.07) is 9.76. The molecule has 0 radical (unpaired) electrons. The number of benzene rings is 1. The Morgan fingerprint density at radius 3 is 2.84 bits per heavy atom. The number of aryl methyl sites for hydroxylation is 1. The molecule has 1 aliphatic heterocycles. The predicted molar refractivity (Wildman–Crippen MR) is 142 cm³/mol. The molecule has 1 fully saturated rings. The van der Waals surface area contributed by atoms with Crippen LogP contribution in [0.4, 0.5) is 22.2 Å². The van der Waals surface area contributed by atoms with Crippen molar-refractivity contribution in [3.05, 3.63) is 53.4 Å². The second-order valence-electron chi connectivity index (χ2n) is 9.20. The molecule has 1 amide bonds. The van der Waals surface area contributed by atoms with Crippen LogP contribution in [0.3, 0.4) is 0 Å². The first-order chi connectivity index (χ1) is 17.9. The number of anilines is 3. The van der Waals surface area contributed by atoms with E-state index in [9.17, 15) is 4.79 Å². The summed E-state index contributed by atoms with van der Waals surface area (Å²) in [6.45, 7) is 5.57. The third-order valence-corrected chi connectivity index (χ3v) is 7.02. The summed E-state index contributed by atoms with van der Waals surface area (Å²) in [4.78, 5) is 26.2. The van der Waals surface area contributed by atoms with Crippen molar-refractivity contribution in [1.82, 2.24) is 34.8 Å². The van der Waals surface area contributed by atoms with Crippen LogP contribution in [0.5, 0.6) is 0 Å². The molecule has 194 valence electrons. The zero-order chi connectivity index (χ0) is 25.9. The topological polar surface area (TPSA) is 117 Å². The molecule has 5 rings (SSSR count). The van der Waals surface area contributed by atoms with E-state index in [4.69, 9.17) is 21.3 Å². The maximum Gasteiger partial charge on any atom is 0.410 e. The highest BCUT2D eigenvalue weighted by atomic mass is 35.5. The van der Waals surface area contributed by atoms with Gasteiger partial charge in [0.15, 0.2) is 5.65 Å². The number of carbonyl (C=O) groups excluding carboxylic acids is 1. The van der Waals surface area contributed by atoms with E-state index in [0.717, 1.165) is 30.6 Å². The Morgan fingerprint density at radius 2 is 2.08 bits per heavy atom. The minimum absolute atomic E-state index is 0.000216. The van der Waals surface area contributed by atoms with Crippen LogP contribution >= 0.6 is 11.6 Å². The highest BCUT2D eigenvalue weighted by molar-refractivity contribution is 6.35. The van der Waals surface area contributed by atoms with Crippen LogP contribution in [0.15, 0.2) is 42.7 Å². The predicted octanol–water partition coefficient (Wildman–Crippen LogP) is 4.59. The van der Waals surface area contributed by atoms with Crippen LogP contribution in [0.25, 0.3) is 11.0 Å². The number of likely N-dealkylation sites (N-methyl/N-ethyl adjacent to an activating group) is 1. The number of aromatic amines is 1. The van der Waals surface area contributed by atoms with Crippen molar-refractivity contribution in [3.8, 4) is 0 Å². The molecule has 3 aromatic heterocycles. The molecule has 1 aliphatic rings. The fourth-order valence-electron chi connectivity index (χ4n) is 4.55. The van der Waals surface area contributed by atoms with Gasteiger partial charge in [-0.3, -0.25) is 9.78 Å². The van der Waals surface area contributed by atoms with Gasteiger partial charge in [-0.05, 0) is 32.3 Å². The number of fused-ring (bicyclic) bond motifs is 1. The van der Waals surface area contributed by atoms with E-state index in [-0.39, 0.29) is 24.8 Å². The van der Waals surface area contributed by atoms with Crippen molar-refractivity contribution in [2.75, 3.05) is 23.8 Å². The molecule has 37 heavy (non-hydrogen) atoms. The van der Waals surface area contributed by atoms with Crippen molar-refractivity contribution >= 4 is 46.2 Å². The van der Waals surface area contributed by atoms with Gasteiger partial charge in [0, 0.05) is 38.4 Å². The molecule has 4 aromatic rings. The number of aromatic nitrogens is 6. The Bertz CT molecular complexity index is 1370. The summed E-state index contributed by atoms with van der Waals surface area (Å²) in [7, 11) is 1.96. The first kappa shape index (κ1) is 24.8. The first-order valence-corrected chi connectivity index (χ1v) is 12.7. The summed E-state index contributed by atoms with van der Waals surface area (Å²) in [5.41, 5.74) is 2.18. The van der Waals surface area contributed by atoms with Crippen LogP contribution in [0.1, 0.15) is 32.3 Å². The first-order valence-electron chi connectivity index (χ1n) is 12.3. The monoisotopic (exact) mass is 523 g/mol. The van der Waals surface area contributed by atoms with Crippen LogP contribution in [-0.2, 0) is 17.9 Å². The number of likely N-dealkylation sites (tertiary alicyclic amines) is 1. The quantitative estimate of drug-likeness (QED) is 0.361. The number of piperidine rings is 1. The molecule has 4 heterocycles. The molecule has 0 unspecified atom stereocenters. The van der Waals surface area contributed by atoms with E-state index < -0.39 is 0 Å². The minimum atomic E-state index is -0.320. The lowest BCUT2D eigenvalue weighted by Crippen LogP contribution is -2.52. The van der Waals surface area contributed by atoms with Crippen molar-refractivity contribution < 1.29 is 9.53 Å². The highest BCUT2D eigenvalue weighted by Crippen LogP contribution is 2.33. The smallest absolute Gasteiger partial charge is 0.410 e. The summed E-state index contributed by atoms with van der Waals surface area (Å²) >= 11 is 6.45. The molecular weight excluding hydrogens is 494 g/mol. The number of H-pyrrole nitrogens is 1. The van der Waals surface area contributed by atoms with Gasteiger partial charge in [0.2, 0.25) is 5.95 Å². The zero-order valence-corrected chi connectivity index (χ0v) is 21.8. The van der Waals surface area contributed by atoms with E-state index in [1.165, 1.54) is 0 Å². The molecule has 0 aliphatic carbocycles. The minimum Gasteiger partial charge on any atom is -0.445 e. The van der Waals surface area contributed by atoms with Gasteiger partial charge in [0.25, 0.3) is 0 Å². The van der Waals surface area contributed by atoms with Gasteiger partial charge in [-0.1, -0.05) is 41.9 Å². The Kier molecular flexibility index (Phi) is 7.13. The Morgan fingerprint density at radius 1 is 1.27 bits per heavy atom. The van der Waals surface area contributed by atoms with Crippen molar-refractivity contribution in [2.45, 2.75) is 51.9 Å². The van der Waals surface area contributed by atoms with Crippen molar-refractivity contribution in [3.63, 3.8) is 0 Å². The van der Waals surface area contributed by atoms with Gasteiger partial charge >= 0.3 is 6.09 Å². The van der Waals surface area contributed by atoms with Gasteiger partial charge in [-0.25, -0.2) is 4.79 Å². The molecule has 2 atom stereocenters. The maximum absolute atomic E-state index is 13.0. The second-order valence-corrected chi connectivity index (χ2v) is 9.58. The third-order valence-electron chi connectivity index (χ3n) is 6.74. The lowest BCUT2D eigenvalue weighted by molar-refractivity contribution is 0.0676. The molecule has 2 N–H and O–H groups in total. The summed E-state index contributed by atoms with van der Waals surface area (Å²) < 4.78 is 7.45. The van der Waals surface area contributed by atoms with Crippen LogP contribution < -0.4 is 10.2 Å². The van der Waals surface area contributed by atoms with Crippen LogP contribution in [0, 0.1) is 0 Å². The lowest BCUT2D eigenvalue weighted by atomic mass is 9.98. The fraction of sp³-hybridized carbons (Fsp3) is 0.400. The number of halogens is 1. The average Bonchev–Trinajstić information content (AvgIpc) is 3.53. The summed E-state index contributed by atoms with van der Waals surface area (Å²) in [5.74, 6) is 1.02. The molecule has 1 saturated heterocycles. The number of ether oxygens (including phenoxy) is 1. The van der Waals surface area contributed by atoms with Crippen molar-refractivity contribution in [1.29, 1.82) is 0 Å². The number of rotatable bonds is 7. The molecular formula is C25H30ClN9O2. The zero-order valence-electron chi connectivity index (χ0n) is 21.1. The molecule has 1 aromatic carbocycles. The SMILES string of the molecule is CCn1cc(Nc2nc(N(C)[C@@H]3CC[C@H](C)N(C(=O)OCc4ccccc4)C3)c3c(Cl)[nH]nc3n2)cn1. The number of nitrogens with zero attached hydrogens (tertiary/aromatic N) is 7. The highest BCUT2D eigenvalue weighted by Gasteiger charge is 2.33. The number of hydrogen-bond donors (Lipinski definition) is 2. The maximum atomic E-state index is 13.0. The van der Waals surface area contributed by atoms with Crippen molar-refractivity contribution in [2.24, 2.45) is 0 Å². The van der Waals surface area contributed by atoms with E-state index in [2.05, 4.69) is 30.5 Å². The van der Waals surface area contributed by atoms with Gasteiger partial charge in [0.05, 0.1) is 11.9 Å². The van der Waals surface area contributed by atoms with E-state index in [0.29, 0.717) is 34.5 Å². The number of nitrogens with one attached hydrogen (secondary N) is 2. The molecule has 11 nitrogen and oxygen atoms in total. The standard InChI is InChI=1S/C25H30ClN9O2/c1-4-34-13-18(12-27-34)28-24-29-22-20(21(26)31-32-22)23(30-24)33(3)19-11-10-16(2)35(14-19)25(36)37-15-17-8-6-5-7-9-17/h5-9,12-13,16,19H,4,10-11,14-15H2,1-3H3,(H2,28,29,30,31,32)/t16-,19+/m0/s1. The van der Waals surface area contributed by atoms with Crippen LogP contribution in [-0.4, -0.2) is 66.6 Å². The number of hydrogen-bond acceptors (Lipinski definition) is 8. The van der Waals surface area contributed by atoms with E-state index >= 15 is 0 Å².